The summed E-state index contributed by atoms with van der Waals surface area (Å²) in [5.41, 5.74) is 10.2. The summed E-state index contributed by atoms with van der Waals surface area (Å²) in [7, 11) is 0. The summed E-state index contributed by atoms with van der Waals surface area (Å²) in [4.78, 5) is 42.9. The molecule has 9 nitrogen and oxygen atoms in total. The number of carbonyl (C=O) groups excluding carboxylic acids is 2. The fraction of sp³-hybridized carbons (Fsp3) is 0.556. The molecule has 19 heavy (non-hydrogen) atoms. The monoisotopic (exact) mass is 297 g/mol. The van der Waals surface area contributed by atoms with E-state index in [2.05, 4.69) is 0 Å². The van der Waals surface area contributed by atoms with Gasteiger partial charge in [-0.3, -0.25) is 14.4 Å². The lowest BCUT2D eigenvalue weighted by Crippen LogP contribution is -2.49. The molecule has 0 aliphatic carbocycles. The predicted molar refractivity (Wildman–Crippen MR) is 65.5 cm³/mol. The Bertz CT molecular complexity index is 362. The molecule has 0 aromatic rings. The maximum atomic E-state index is 11.4. The maximum Gasteiger partial charge on any atom is 0.326 e. The molecule has 2 amide bonds. The highest BCUT2D eigenvalue weighted by Gasteiger charge is 2.24. The zero-order valence-corrected chi connectivity index (χ0v) is 10.7. The van der Waals surface area contributed by atoms with E-state index < -0.39 is 42.3 Å². The summed E-state index contributed by atoms with van der Waals surface area (Å²) in [6.45, 7) is 0. The first kappa shape index (κ1) is 19.5. The van der Waals surface area contributed by atoms with Gasteiger partial charge < -0.3 is 27.0 Å². The first-order chi connectivity index (χ1) is 8.23. The highest BCUT2D eigenvalue weighted by Crippen LogP contribution is 1.98. The summed E-state index contributed by atoms with van der Waals surface area (Å²) < 4.78 is 0. The first-order valence-electron chi connectivity index (χ1n) is 5.03. The molecule has 0 fully saturated rings. The molecule has 0 saturated heterocycles. The molecule has 10 heteroatoms. The highest BCUT2D eigenvalue weighted by molar-refractivity contribution is 5.90. The quantitative estimate of drug-likeness (QED) is 0.346. The van der Waals surface area contributed by atoms with Crippen molar-refractivity contribution in [1.82, 2.24) is 5.32 Å². The fourth-order valence-electron chi connectivity index (χ4n) is 1.09. The lowest BCUT2D eigenvalue weighted by molar-refractivity contribution is -0.143. The van der Waals surface area contributed by atoms with E-state index in [1.54, 1.807) is 0 Å². The van der Waals surface area contributed by atoms with Gasteiger partial charge in [-0.2, -0.15) is 0 Å². The number of carboxylic acids is 2. The molecule has 0 bridgehead atoms. The topological polar surface area (TPSA) is 173 Å². The molecule has 0 heterocycles. The Kier molecular flexibility index (Phi) is 9.34. The van der Waals surface area contributed by atoms with Crippen molar-refractivity contribution in [3.8, 4) is 0 Å². The summed E-state index contributed by atoms with van der Waals surface area (Å²) in [5.74, 6) is -4.27. The molecule has 0 aliphatic rings. The number of nitrogens with one attached hydrogen (secondary N) is 1. The van der Waals surface area contributed by atoms with E-state index >= 15 is 0 Å². The maximum absolute atomic E-state index is 11.4. The number of primary amides is 1. The van der Waals surface area contributed by atoms with Gasteiger partial charge in [0.05, 0.1) is 12.5 Å². The van der Waals surface area contributed by atoms with Crippen LogP contribution in [0.5, 0.6) is 0 Å². The largest absolute Gasteiger partial charge is 0.481 e. The van der Waals surface area contributed by atoms with Gasteiger partial charge in [0.15, 0.2) is 0 Å². The Morgan fingerprint density at radius 3 is 2.05 bits per heavy atom. The van der Waals surface area contributed by atoms with Crippen molar-refractivity contribution in [3.05, 3.63) is 0 Å². The van der Waals surface area contributed by atoms with Crippen LogP contribution in [0, 0.1) is 0 Å². The van der Waals surface area contributed by atoms with E-state index in [4.69, 9.17) is 21.7 Å². The van der Waals surface area contributed by atoms with E-state index in [0.717, 1.165) is 0 Å². The van der Waals surface area contributed by atoms with Crippen molar-refractivity contribution in [1.29, 1.82) is 0 Å². The Morgan fingerprint density at radius 1 is 1.16 bits per heavy atom. The number of hydrogen-bond donors (Lipinski definition) is 5. The zero-order chi connectivity index (χ0) is 14.3. The van der Waals surface area contributed by atoms with E-state index in [-0.39, 0.29) is 25.2 Å². The highest BCUT2D eigenvalue weighted by atomic mass is 35.5. The molecule has 0 spiro atoms. The van der Waals surface area contributed by atoms with Crippen LogP contribution in [-0.2, 0) is 19.2 Å². The molecule has 0 saturated carbocycles. The van der Waals surface area contributed by atoms with Crippen LogP contribution in [0.3, 0.4) is 0 Å². The van der Waals surface area contributed by atoms with Gasteiger partial charge in [0, 0.05) is 6.42 Å². The van der Waals surface area contributed by atoms with Crippen LogP contribution in [-0.4, -0.2) is 46.0 Å². The third-order valence-electron chi connectivity index (χ3n) is 2.03. The number of amides is 2. The minimum Gasteiger partial charge on any atom is -0.481 e. The second-order valence-electron chi connectivity index (χ2n) is 3.61. The van der Waals surface area contributed by atoms with Crippen molar-refractivity contribution >= 4 is 36.2 Å². The van der Waals surface area contributed by atoms with Gasteiger partial charge in [0.25, 0.3) is 0 Å². The second kappa shape index (κ2) is 9.11. The Morgan fingerprint density at radius 2 is 1.68 bits per heavy atom. The van der Waals surface area contributed by atoms with Gasteiger partial charge >= 0.3 is 11.9 Å². The van der Waals surface area contributed by atoms with Crippen LogP contribution in [0.2, 0.25) is 0 Å². The zero-order valence-electron chi connectivity index (χ0n) is 9.87. The van der Waals surface area contributed by atoms with Crippen LogP contribution in [0.15, 0.2) is 0 Å². The van der Waals surface area contributed by atoms with E-state index in [9.17, 15) is 19.2 Å². The van der Waals surface area contributed by atoms with Crippen LogP contribution in [0.1, 0.15) is 19.3 Å². The number of carbonyl (C=O) groups is 4. The van der Waals surface area contributed by atoms with Crippen LogP contribution >= 0.6 is 12.4 Å². The van der Waals surface area contributed by atoms with Gasteiger partial charge in [-0.25, -0.2) is 4.79 Å². The summed E-state index contributed by atoms with van der Waals surface area (Å²) in [5, 5.41) is 19.1. The summed E-state index contributed by atoms with van der Waals surface area (Å²) >= 11 is 0. The molecular weight excluding hydrogens is 282 g/mol. The van der Waals surface area contributed by atoms with Gasteiger partial charge in [0.2, 0.25) is 11.8 Å². The molecule has 0 radical (unpaired) electrons. The molecule has 110 valence electrons. The normalized spacial score (nSPS) is 12.7. The van der Waals surface area contributed by atoms with E-state index in [1.165, 1.54) is 0 Å². The minimum atomic E-state index is -1.47. The molecule has 7 N–H and O–H groups in total. The fourth-order valence-corrected chi connectivity index (χ4v) is 1.09. The minimum absolute atomic E-state index is 0. The number of rotatable bonds is 8. The van der Waals surface area contributed by atoms with E-state index in [0.29, 0.717) is 0 Å². The number of aliphatic carboxylic acids is 2. The molecule has 0 aliphatic heterocycles. The number of carboxylic acid groups (broad SMARTS) is 2. The first-order valence-corrected chi connectivity index (χ1v) is 5.03. The smallest absolute Gasteiger partial charge is 0.326 e. The lowest BCUT2D eigenvalue weighted by Gasteiger charge is -2.16. The third-order valence-corrected chi connectivity index (χ3v) is 2.03. The molecular formula is C9H16ClN3O6. The van der Waals surface area contributed by atoms with Gasteiger partial charge in [-0.15, -0.1) is 12.4 Å². The van der Waals surface area contributed by atoms with Crippen LogP contribution < -0.4 is 16.8 Å². The van der Waals surface area contributed by atoms with Crippen molar-refractivity contribution in [2.24, 2.45) is 11.5 Å². The summed E-state index contributed by atoms with van der Waals surface area (Å²) in [6.07, 6.45) is -1.01. The molecule has 0 aromatic carbocycles. The Balaban J connectivity index is 0. The Labute approximate surface area is 114 Å². The van der Waals surface area contributed by atoms with Crippen LogP contribution in [0.25, 0.3) is 0 Å². The number of hydrogen-bond acceptors (Lipinski definition) is 5. The van der Waals surface area contributed by atoms with Crippen molar-refractivity contribution in [2.45, 2.75) is 31.3 Å². The second-order valence-corrected chi connectivity index (χ2v) is 3.61. The SMILES string of the molecule is Cl.NC(=O)C[C@H](NC(=O)[C@@H](N)CCC(=O)O)C(=O)O. The average molecular weight is 298 g/mol. The van der Waals surface area contributed by atoms with Crippen molar-refractivity contribution in [3.63, 3.8) is 0 Å². The van der Waals surface area contributed by atoms with Crippen LogP contribution in [0.4, 0.5) is 0 Å². The predicted octanol–water partition coefficient (Wildman–Crippen LogP) is -1.95. The number of halogens is 1. The molecule has 0 unspecified atom stereocenters. The third kappa shape index (κ3) is 8.80. The summed E-state index contributed by atoms with van der Waals surface area (Å²) in [6, 6.07) is -2.62. The lowest BCUT2D eigenvalue weighted by atomic mass is 10.1. The number of nitrogens with two attached hydrogens (primary N) is 2. The van der Waals surface area contributed by atoms with Crippen molar-refractivity contribution in [2.75, 3.05) is 0 Å². The van der Waals surface area contributed by atoms with Crippen molar-refractivity contribution < 1.29 is 29.4 Å². The van der Waals surface area contributed by atoms with Gasteiger partial charge in [-0.1, -0.05) is 0 Å². The van der Waals surface area contributed by atoms with Gasteiger partial charge in [0.1, 0.15) is 6.04 Å². The Hall–Kier alpha value is -1.87. The molecule has 2 atom stereocenters. The molecule has 0 aromatic heterocycles. The van der Waals surface area contributed by atoms with E-state index in [1.807, 2.05) is 5.32 Å². The average Bonchev–Trinajstić information content (AvgIpc) is 2.23. The standard InChI is InChI=1S/C9H15N3O6.ClH/c10-4(1-2-7(14)15)8(16)12-5(9(17)18)3-6(11)13;/h4-5H,1-3,10H2,(H2,11,13)(H,12,16)(H,14,15)(H,17,18);1H/t4-,5-;/m0./s1. The van der Waals surface area contributed by atoms with Gasteiger partial charge in [-0.05, 0) is 6.42 Å². The molecule has 0 rings (SSSR count).